The summed E-state index contributed by atoms with van der Waals surface area (Å²) in [6, 6.07) is 0. The maximum absolute atomic E-state index is 11.7. The molecule has 2 aliphatic rings. The van der Waals surface area contributed by atoms with Crippen molar-refractivity contribution in [3.63, 3.8) is 0 Å². The summed E-state index contributed by atoms with van der Waals surface area (Å²) >= 11 is 0. The minimum Gasteiger partial charge on any atom is -0.435 e. The van der Waals surface area contributed by atoms with E-state index in [1.54, 1.807) is 0 Å². The number of esters is 1. The van der Waals surface area contributed by atoms with Crippen molar-refractivity contribution in [1.82, 2.24) is 4.90 Å². The van der Waals surface area contributed by atoms with Crippen molar-refractivity contribution in [2.45, 2.75) is 25.6 Å². The summed E-state index contributed by atoms with van der Waals surface area (Å²) in [6.07, 6.45) is 3.10. The molecule has 88 valence electrons. The molecule has 2 atom stereocenters. The molecule has 16 heavy (non-hydrogen) atoms. The van der Waals surface area contributed by atoms with Crippen LogP contribution in [0.15, 0.2) is 12.8 Å². The van der Waals surface area contributed by atoms with Crippen LogP contribution >= 0.6 is 0 Å². The molecule has 0 aromatic heterocycles. The number of rotatable bonds is 3. The van der Waals surface area contributed by atoms with E-state index < -0.39 is 18.2 Å². The van der Waals surface area contributed by atoms with Crippen LogP contribution in [0.1, 0.15) is 19.3 Å². The van der Waals surface area contributed by atoms with Gasteiger partial charge in [0.15, 0.2) is 0 Å². The third-order valence-corrected chi connectivity index (χ3v) is 2.88. The average molecular weight is 225 g/mol. The summed E-state index contributed by atoms with van der Waals surface area (Å²) in [4.78, 5) is 24.8. The fourth-order valence-corrected chi connectivity index (χ4v) is 1.95. The Labute approximate surface area is 94.0 Å². The summed E-state index contributed by atoms with van der Waals surface area (Å²) in [5.41, 5.74) is 0. The summed E-state index contributed by atoms with van der Waals surface area (Å²) in [5.74, 6) is -1.37. The number of amides is 1. The Morgan fingerprint density at radius 3 is 2.94 bits per heavy atom. The second-order valence-electron chi connectivity index (χ2n) is 3.93. The Hall–Kier alpha value is -1.36. The summed E-state index contributed by atoms with van der Waals surface area (Å²) in [7, 11) is 0. The van der Waals surface area contributed by atoms with E-state index in [4.69, 9.17) is 9.47 Å². The number of hydrogen-bond donors (Lipinski definition) is 0. The van der Waals surface area contributed by atoms with Crippen LogP contribution in [0.25, 0.3) is 0 Å². The van der Waals surface area contributed by atoms with Crippen LogP contribution in [0.2, 0.25) is 0 Å². The lowest BCUT2D eigenvalue weighted by Gasteiger charge is -2.14. The minimum atomic E-state index is -0.679. The summed E-state index contributed by atoms with van der Waals surface area (Å²) in [6.45, 7) is 4.67. The molecule has 2 fully saturated rings. The molecule has 2 saturated heterocycles. The monoisotopic (exact) mass is 225 g/mol. The zero-order valence-electron chi connectivity index (χ0n) is 9.05. The van der Waals surface area contributed by atoms with Gasteiger partial charge in [0.2, 0.25) is 12.2 Å². The molecule has 5 nitrogen and oxygen atoms in total. The minimum absolute atomic E-state index is 0.224. The second-order valence-corrected chi connectivity index (χ2v) is 3.93. The van der Waals surface area contributed by atoms with Crippen molar-refractivity contribution in [2.24, 2.45) is 5.92 Å². The summed E-state index contributed by atoms with van der Waals surface area (Å²) in [5, 5.41) is 0. The largest absolute Gasteiger partial charge is 0.435 e. The van der Waals surface area contributed by atoms with Gasteiger partial charge in [0.25, 0.3) is 0 Å². The Balaban J connectivity index is 1.90. The molecule has 0 aliphatic carbocycles. The first-order valence-corrected chi connectivity index (χ1v) is 5.47. The summed E-state index contributed by atoms with van der Waals surface area (Å²) < 4.78 is 10.3. The van der Waals surface area contributed by atoms with Crippen molar-refractivity contribution in [1.29, 1.82) is 0 Å². The molecule has 0 saturated carbocycles. The Morgan fingerprint density at radius 2 is 2.38 bits per heavy atom. The van der Waals surface area contributed by atoms with Gasteiger partial charge in [-0.2, -0.15) is 0 Å². The molecular formula is C11H15NO4. The van der Waals surface area contributed by atoms with E-state index >= 15 is 0 Å². The molecular weight excluding hydrogens is 210 g/mol. The van der Waals surface area contributed by atoms with Crippen molar-refractivity contribution < 1.29 is 19.1 Å². The number of nitrogens with zero attached hydrogens (tertiary/aromatic N) is 1. The lowest BCUT2D eigenvalue weighted by Crippen LogP contribution is -2.30. The zero-order chi connectivity index (χ0) is 11.5. The fourth-order valence-electron chi connectivity index (χ4n) is 1.95. The van der Waals surface area contributed by atoms with Crippen LogP contribution < -0.4 is 0 Å². The zero-order valence-corrected chi connectivity index (χ0v) is 9.05. The highest BCUT2D eigenvalue weighted by Gasteiger charge is 2.38. The molecule has 2 heterocycles. The number of ether oxygens (including phenoxy) is 2. The smallest absolute Gasteiger partial charge is 0.320 e. The maximum atomic E-state index is 11.7. The van der Waals surface area contributed by atoms with E-state index in [-0.39, 0.29) is 5.91 Å². The standard InChI is InChI=1S/C11H15NO4/c1-2-12-6-5-8(10(12)13)11(14)16-9-4-3-7-15-9/h2,8-9H,1,3-7H2. The maximum Gasteiger partial charge on any atom is 0.320 e. The Kier molecular flexibility index (Phi) is 3.24. The molecule has 0 aromatic rings. The van der Waals surface area contributed by atoms with E-state index in [9.17, 15) is 9.59 Å². The first kappa shape index (κ1) is 11.1. The van der Waals surface area contributed by atoms with Crippen LogP contribution in [0.5, 0.6) is 0 Å². The van der Waals surface area contributed by atoms with Gasteiger partial charge in [0.05, 0.1) is 6.61 Å². The van der Waals surface area contributed by atoms with E-state index in [2.05, 4.69) is 6.58 Å². The van der Waals surface area contributed by atoms with E-state index in [1.165, 1.54) is 11.1 Å². The second kappa shape index (κ2) is 4.65. The molecule has 0 aromatic carbocycles. The Morgan fingerprint density at radius 1 is 1.56 bits per heavy atom. The van der Waals surface area contributed by atoms with E-state index in [0.717, 1.165) is 12.8 Å². The molecule has 0 radical (unpaired) electrons. The van der Waals surface area contributed by atoms with Crippen molar-refractivity contribution in [3.8, 4) is 0 Å². The Bertz CT molecular complexity index is 309. The predicted octanol–water partition coefficient (Wildman–Crippen LogP) is 0.658. The van der Waals surface area contributed by atoms with Gasteiger partial charge in [0, 0.05) is 13.0 Å². The van der Waals surface area contributed by atoms with Gasteiger partial charge >= 0.3 is 5.97 Å². The van der Waals surface area contributed by atoms with Gasteiger partial charge < -0.3 is 14.4 Å². The highest BCUT2D eigenvalue weighted by atomic mass is 16.7. The van der Waals surface area contributed by atoms with Gasteiger partial charge in [-0.15, -0.1) is 0 Å². The molecule has 2 unspecified atom stereocenters. The lowest BCUT2D eigenvalue weighted by atomic mass is 10.1. The van der Waals surface area contributed by atoms with Gasteiger partial charge in [-0.1, -0.05) is 6.58 Å². The molecule has 1 amide bonds. The van der Waals surface area contributed by atoms with Crippen molar-refractivity contribution in [3.05, 3.63) is 12.8 Å². The first-order valence-electron chi connectivity index (χ1n) is 5.47. The SMILES string of the molecule is C=CN1CCC(C(=O)OC2CCCO2)C1=O. The molecule has 0 bridgehead atoms. The van der Waals surface area contributed by atoms with Crippen LogP contribution in [0.3, 0.4) is 0 Å². The van der Waals surface area contributed by atoms with Crippen LogP contribution in [0.4, 0.5) is 0 Å². The van der Waals surface area contributed by atoms with E-state index in [0.29, 0.717) is 19.6 Å². The normalized spacial score (nSPS) is 29.5. The van der Waals surface area contributed by atoms with Crippen molar-refractivity contribution in [2.75, 3.05) is 13.2 Å². The number of likely N-dealkylation sites (tertiary alicyclic amines) is 1. The molecule has 0 N–H and O–H groups in total. The van der Waals surface area contributed by atoms with E-state index in [1.807, 2.05) is 0 Å². The fraction of sp³-hybridized carbons (Fsp3) is 0.636. The van der Waals surface area contributed by atoms with Crippen molar-refractivity contribution >= 4 is 11.9 Å². The predicted molar refractivity (Wildman–Crippen MR) is 55.1 cm³/mol. The molecule has 2 aliphatic heterocycles. The molecule has 5 heteroatoms. The van der Waals surface area contributed by atoms with Crippen LogP contribution in [0, 0.1) is 5.92 Å². The van der Waals surface area contributed by atoms with Crippen LogP contribution in [-0.4, -0.2) is 36.2 Å². The van der Waals surface area contributed by atoms with Gasteiger partial charge in [0.1, 0.15) is 5.92 Å². The van der Waals surface area contributed by atoms with Crippen LogP contribution in [-0.2, 0) is 19.1 Å². The number of hydrogen-bond acceptors (Lipinski definition) is 4. The molecule has 2 rings (SSSR count). The average Bonchev–Trinajstić information content (AvgIpc) is 2.87. The van der Waals surface area contributed by atoms with Gasteiger partial charge in [-0.25, -0.2) is 0 Å². The van der Waals surface area contributed by atoms with Gasteiger partial charge in [-0.05, 0) is 19.0 Å². The highest BCUT2D eigenvalue weighted by molar-refractivity contribution is 5.99. The third-order valence-electron chi connectivity index (χ3n) is 2.88. The topological polar surface area (TPSA) is 55.8 Å². The number of carbonyl (C=O) groups excluding carboxylic acids is 2. The first-order chi connectivity index (χ1) is 7.72. The van der Waals surface area contributed by atoms with Gasteiger partial charge in [-0.3, -0.25) is 9.59 Å². The highest BCUT2D eigenvalue weighted by Crippen LogP contribution is 2.22. The number of carbonyl (C=O) groups is 2. The molecule has 0 spiro atoms. The quantitative estimate of drug-likeness (QED) is 0.523. The lowest BCUT2D eigenvalue weighted by molar-refractivity contribution is -0.175. The third kappa shape index (κ3) is 2.09.